The van der Waals surface area contributed by atoms with Crippen LogP contribution in [-0.2, 0) is 34.0 Å². The first-order valence-electron chi connectivity index (χ1n) is 8.83. The number of rotatable bonds is 5. The molecule has 1 aromatic carbocycles. The summed E-state index contributed by atoms with van der Waals surface area (Å²) >= 11 is 0. The van der Waals surface area contributed by atoms with Gasteiger partial charge < -0.3 is 29.6 Å². The quantitative estimate of drug-likeness (QED) is 0.562. The number of methoxy groups -OCH3 is 2. The van der Waals surface area contributed by atoms with Gasteiger partial charge in [0.15, 0.2) is 0 Å². The standard InChI is InChI=1S/C20H22N2O7/c1-11-14(18(24)28-10-9-26-3)20(19(25)22(11)2)12-7-5-6-8-13(12)29-16(21)15(20)17(23)27-4/h5-8H,9-10,21H2,1-4H3/t20-/m1/s1. The number of likely N-dealkylation sites (N-methyl/N-ethyl adjacent to an activating group) is 1. The summed E-state index contributed by atoms with van der Waals surface area (Å²) < 4.78 is 20.7. The van der Waals surface area contributed by atoms with Gasteiger partial charge in [-0.1, -0.05) is 18.2 Å². The van der Waals surface area contributed by atoms with E-state index >= 15 is 0 Å². The summed E-state index contributed by atoms with van der Waals surface area (Å²) in [7, 11) is 4.14. The fourth-order valence-electron chi connectivity index (χ4n) is 3.73. The predicted octanol–water partition coefficient (Wildman–Crippen LogP) is 0.596. The molecule has 0 saturated heterocycles. The molecule has 1 aromatic rings. The van der Waals surface area contributed by atoms with E-state index < -0.39 is 23.3 Å². The number of carbonyl (C=O) groups excluding carboxylic acids is 3. The number of carbonyl (C=O) groups is 3. The lowest BCUT2D eigenvalue weighted by molar-refractivity contribution is -0.143. The molecule has 2 aliphatic heterocycles. The fraction of sp³-hybridized carbons (Fsp3) is 0.350. The lowest BCUT2D eigenvalue weighted by atomic mass is 9.67. The molecule has 0 unspecified atom stereocenters. The number of benzene rings is 1. The van der Waals surface area contributed by atoms with Gasteiger partial charge in [-0.15, -0.1) is 0 Å². The van der Waals surface area contributed by atoms with Gasteiger partial charge in [-0.3, -0.25) is 4.79 Å². The maximum atomic E-state index is 13.6. The number of nitrogens with two attached hydrogens (primary N) is 1. The molecule has 1 atom stereocenters. The van der Waals surface area contributed by atoms with Crippen LogP contribution in [0.4, 0.5) is 0 Å². The molecule has 0 radical (unpaired) electrons. The Labute approximate surface area is 167 Å². The zero-order chi connectivity index (χ0) is 21.3. The van der Waals surface area contributed by atoms with Crippen LogP contribution in [0, 0.1) is 0 Å². The van der Waals surface area contributed by atoms with Crippen LogP contribution in [0.1, 0.15) is 12.5 Å². The predicted molar refractivity (Wildman–Crippen MR) is 100 cm³/mol. The molecular weight excluding hydrogens is 380 g/mol. The summed E-state index contributed by atoms with van der Waals surface area (Å²) in [6.45, 7) is 1.75. The van der Waals surface area contributed by atoms with Crippen LogP contribution in [0.3, 0.4) is 0 Å². The number of ether oxygens (including phenoxy) is 4. The van der Waals surface area contributed by atoms with Crippen LogP contribution in [0.2, 0.25) is 0 Å². The van der Waals surface area contributed by atoms with Crippen LogP contribution < -0.4 is 10.5 Å². The number of hydrogen-bond donors (Lipinski definition) is 1. The van der Waals surface area contributed by atoms with E-state index in [0.717, 1.165) is 7.11 Å². The van der Waals surface area contributed by atoms with Gasteiger partial charge in [0.1, 0.15) is 23.3 Å². The summed E-state index contributed by atoms with van der Waals surface area (Å²) in [5.74, 6) is -2.22. The van der Waals surface area contributed by atoms with E-state index in [0.29, 0.717) is 11.3 Å². The van der Waals surface area contributed by atoms with Crippen molar-refractivity contribution in [3.63, 3.8) is 0 Å². The molecule has 2 aliphatic rings. The van der Waals surface area contributed by atoms with Crippen molar-refractivity contribution in [3.05, 3.63) is 52.6 Å². The zero-order valence-electron chi connectivity index (χ0n) is 16.6. The number of hydrogen-bond acceptors (Lipinski definition) is 8. The highest BCUT2D eigenvalue weighted by Crippen LogP contribution is 2.53. The van der Waals surface area contributed by atoms with E-state index in [1.54, 1.807) is 31.2 Å². The summed E-state index contributed by atoms with van der Waals surface area (Å²) in [6.07, 6.45) is 0. The van der Waals surface area contributed by atoms with Gasteiger partial charge in [0.2, 0.25) is 11.8 Å². The Morgan fingerprint density at radius 1 is 1.14 bits per heavy atom. The number of para-hydroxylation sites is 1. The van der Waals surface area contributed by atoms with Gasteiger partial charge >= 0.3 is 11.9 Å². The molecule has 9 heteroatoms. The normalized spacial score (nSPS) is 20.7. The van der Waals surface area contributed by atoms with Gasteiger partial charge in [0, 0.05) is 25.4 Å². The Kier molecular flexibility index (Phi) is 5.34. The monoisotopic (exact) mass is 402 g/mol. The topological polar surface area (TPSA) is 117 Å². The number of nitrogens with zero attached hydrogens (tertiary/aromatic N) is 1. The molecule has 0 aromatic heterocycles. The molecule has 1 spiro atoms. The van der Waals surface area contributed by atoms with Crippen LogP contribution >= 0.6 is 0 Å². The van der Waals surface area contributed by atoms with Crippen LogP contribution in [0.25, 0.3) is 0 Å². The van der Waals surface area contributed by atoms with E-state index in [1.807, 2.05) is 0 Å². The van der Waals surface area contributed by atoms with Crippen molar-refractivity contribution < 1.29 is 33.3 Å². The Hall–Kier alpha value is -3.33. The molecule has 0 fully saturated rings. The number of esters is 2. The third-order valence-electron chi connectivity index (χ3n) is 5.11. The van der Waals surface area contributed by atoms with Gasteiger partial charge in [-0.2, -0.15) is 0 Å². The molecule has 0 bridgehead atoms. The van der Waals surface area contributed by atoms with E-state index in [-0.39, 0.29) is 36.0 Å². The minimum absolute atomic E-state index is 0.0137. The van der Waals surface area contributed by atoms with Crippen LogP contribution in [-0.4, -0.2) is 57.2 Å². The van der Waals surface area contributed by atoms with Crippen molar-refractivity contribution in [2.45, 2.75) is 12.3 Å². The first kappa shape index (κ1) is 20.4. The van der Waals surface area contributed by atoms with Crippen LogP contribution in [0.15, 0.2) is 47.0 Å². The highest BCUT2D eigenvalue weighted by atomic mass is 16.6. The second-order valence-electron chi connectivity index (χ2n) is 6.53. The lowest BCUT2D eigenvalue weighted by Crippen LogP contribution is -2.49. The molecule has 9 nitrogen and oxygen atoms in total. The third-order valence-corrected chi connectivity index (χ3v) is 5.11. The second kappa shape index (κ2) is 7.59. The van der Waals surface area contributed by atoms with Crippen molar-refractivity contribution >= 4 is 17.8 Å². The van der Waals surface area contributed by atoms with Gasteiger partial charge in [-0.25, -0.2) is 9.59 Å². The minimum Gasteiger partial charge on any atom is -0.465 e. The molecule has 0 aliphatic carbocycles. The fourth-order valence-corrected chi connectivity index (χ4v) is 3.73. The third kappa shape index (κ3) is 2.85. The summed E-state index contributed by atoms with van der Waals surface area (Å²) in [5.41, 5.74) is 4.59. The smallest absolute Gasteiger partial charge is 0.340 e. The van der Waals surface area contributed by atoms with E-state index in [2.05, 4.69) is 0 Å². The van der Waals surface area contributed by atoms with Crippen LogP contribution in [0.5, 0.6) is 5.75 Å². The van der Waals surface area contributed by atoms with Crippen molar-refractivity contribution in [1.29, 1.82) is 0 Å². The Morgan fingerprint density at radius 3 is 2.48 bits per heavy atom. The maximum Gasteiger partial charge on any atom is 0.340 e. The molecule has 2 N–H and O–H groups in total. The average Bonchev–Trinajstić information content (AvgIpc) is 2.89. The molecule has 154 valence electrons. The second-order valence-corrected chi connectivity index (χ2v) is 6.53. The van der Waals surface area contributed by atoms with E-state index in [4.69, 9.17) is 24.7 Å². The van der Waals surface area contributed by atoms with Gasteiger partial charge in [0.05, 0.1) is 19.3 Å². The Bertz CT molecular complexity index is 950. The molecule has 0 saturated carbocycles. The van der Waals surface area contributed by atoms with Gasteiger partial charge in [0.25, 0.3) is 0 Å². The highest BCUT2D eigenvalue weighted by molar-refractivity contribution is 6.17. The molecule has 2 heterocycles. The van der Waals surface area contributed by atoms with E-state index in [1.165, 1.54) is 19.1 Å². The summed E-state index contributed by atoms with van der Waals surface area (Å²) in [5, 5.41) is 0. The number of fused-ring (bicyclic) bond motifs is 2. The van der Waals surface area contributed by atoms with Crippen molar-refractivity contribution in [3.8, 4) is 5.75 Å². The SMILES string of the molecule is COCCOC(=O)C1=C(C)N(C)C(=O)[C@@]12C(C(=O)OC)=C(N)Oc1ccccc12. The molecule has 3 rings (SSSR count). The zero-order valence-corrected chi connectivity index (χ0v) is 16.6. The summed E-state index contributed by atoms with van der Waals surface area (Å²) in [6, 6.07) is 6.58. The first-order valence-corrected chi connectivity index (χ1v) is 8.83. The summed E-state index contributed by atoms with van der Waals surface area (Å²) in [4.78, 5) is 40.7. The van der Waals surface area contributed by atoms with Crippen molar-refractivity contribution in [2.24, 2.45) is 5.73 Å². The number of allylic oxidation sites excluding steroid dienone is 1. The average molecular weight is 402 g/mol. The van der Waals surface area contributed by atoms with E-state index in [9.17, 15) is 14.4 Å². The Morgan fingerprint density at radius 2 is 1.83 bits per heavy atom. The van der Waals surface area contributed by atoms with Crippen molar-refractivity contribution in [1.82, 2.24) is 4.90 Å². The van der Waals surface area contributed by atoms with Crippen molar-refractivity contribution in [2.75, 3.05) is 34.5 Å². The lowest BCUT2D eigenvalue weighted by Gasteiger charge is -2.36. The number of amides is 1. The molecular formula is C20H22N2O7. The maximum absolute atomic E-state index is 13.6. The molecule has 29 heavy (non-hydrogen) atoms. The largest absolute Gasteiger partial charge is 0.465 e. The highest BCUT2D eigenvalue weighted by Gasteiger charge is 2.63. The van der Waals surface area contributed by atoms with Gasteiger partial charge in [-0.05, 0) is 13.0 Å². The molecule has 1 amide bonds. The Balaban J connectivity index is 2.32. The first-order chi connectivity index (χ1) is 13.8. The minimum atomic E-state index is -1.84.